The van der Waals surface area contributed by atoms with Crippen molar-refractivity contribution in [1.82, 2.24) is 19.9 Å². The van der Waals surface area contributed by atoms with E-state index in [2.05, 4.69) is 44.2 Å². The fourth-order valence-electron chi connectivity index (χ4n) is 4.75. The van der Waals surface area contributed by atoms with Gasteiger partial charge in [0.25, 0.3) is 0 Å². The quantitative estimate of drug-likeness (QED) is 0.632. The number of aromatic nitrogens is 2. The van der Waals surface area contributed by atoms with E-state index in [0.29, 0.717) is 12.5 Å². The summed E-state index contributed by atoms with van der Waals surface area (Å²) in [6, 6.07) is 16.2. The maximum atomic E-state index is 13.2. The summed E-state index contributed by atoms with van der Waals surface area (Å²) in [5, 5.41) is 4.19. The lowest BCUT2D eigenvalue weighted by molar-refractivity contribution is -0.135. The van der Waals surface area contributed by atoms with Crippen LogP contribution in [0.2, 0.25) is 0 Å². The van der Waals surface area contributed by atoms with Crippen molar-refractivity contribution in [2.75, 3.05) is 26.2 Å². The molecular formula is C24H26N4O2. The van der Waals surface area contributed by atoms with Gasteiger partial charge in [-0.1, -0.05) is 35.5 Å². The van der Waals surface area contributed by atoms with Crippen LogP contribution in [0.5, 0.6) is 0 Å². The van der Waals surface area contributed by atoms with E-state index in [0.717, 1.165) is 62.5 Å². The molecule has 0 aliphatic carbocycles. The van der Waals surface area contributed by atoms with Gasteiger partial charge in [0.15, 0.2) is 5.76 Å². The summed E-state index contributed by atoms with van der Waals surface area (Å²) >= 11 is 0. The van der Waals surface area contributed by atoms with Gasteiger partial charge in [0.1, 0.15) is 5.69 Å². The van der Waals surface area contributed by atoms with Crippen LogP contribution in [-0.2, 0) is 17.8 Å². The van der Waals surface area contributed by atoms with Crippen LogP contribution >= 0.6 is 0 Å². The van der Waals surface area contributed by atoms with Crippen molar-refractivity contribution >= 4 is 5.91 Å². The number of nitrogens with zero attached hydrogens (tertiary/aromatic N) is 4. The maximum absolute atomic E-state index is 13.2. The molecule has 1 unspecified atom stereocenters. The molecule has 0 bridgehead atoms. The Bertz CT molecular complexity index is 1000. The summed E-state index contributed by atoms with van der Waals surface area (Å²) in [5.41, 5.74) is 2.89. The molecule has 2 fully saturated rings. The highest BCUT2D eigenvalue weighted by atomic mass is 16.5. The van der Waals surface area contributed by atoms with Gasteiger partial charge in [-0.25, -0.2) is 0 Å². The molecule has 6 nitrogen and oxygen atoms in total. The number of hydrogen-bond acceptors (Lipinski definition) is 5. The number of pyridine rings is 1. The summed E-state index contributed by atoms with van der Waals surface area (Å²) in [7, 11) is 0. The van der Waals surface area contributed by atoms with E-state index < -0.39 is 0 Å². The Kier molecular flexibility index (Phi) is 5.09. The minimum atomic E-state index is -0.218. The van der Waals surface area contributed by atoms with Crippen LogP contribution in [0, 0.1) is 5.41 Å². The van der Waals surface area contributed by atoms with E-state index in [-0.39, 0.29) is 5.41 Å². The molecule has 0 saturated carbocycles. The topological polar surface area (TPSA) is 62.5 Å². The first-order valence-electron chi connectivity index (χ1n) is 10.6. The third-order valence-electron chi connectivity index (χ3n) is 6.46. The predicted molar refractivity (Wildman–Crippen MR) is 113 cm³/mol. The number of carbonyl (C=O) groups is 1. The third kappa shape index (κ3) is 3.75. The van der Waals surface area contributed by atoms with Gasteiger partial charge < -0.3 is 9.42 Å². The molecule has 1 amide bonds. The summed E-state index contributed by atoms with van der Waals surface area (Å²) in [5.74, 6) is 1.17. The van der Waals surface area contributed by atoms with Crippen molar-refractivity contribution in [1.29, 1.82) is 0 Å². The van der Waals surface area contributed by atoms with Crippen LogP contribution in [0.3, 0.4) is 0 Å². The highest BCUT2D eigenvalue weighted by Gasteiger charge is 2.50. The molecule has 5 rings (SSSR count). The standard InChI is InChI=1S/C24H26N4O2/c29-23-24(10-15-28(23)13-8-19-4-2-1-3-5-19)9-14-27(18-24)17-21-16-22(26-30-21)20-6-11-25-12-7-20/h1-7,11-12,16H,8-10,13-15,17-18H2. The zero-order chi connectivity index (χ0) is 20.4. The zero-order valence-corrected chi connectivity index (χ0v) is 17.0. The molecule has 1 aromatic carbocycles. The van der Waals surface area contributed by atoms with Gasteiger partial charge in [-0.2, -0.15) is 0 Å². The number of benzene rings is 1. The Morgan fingerprint density at radius 2 is 1.83 bits per heavy atom. The van der Waals surface area contributed by atoms with Gasteiger partial charge in [0.2, 0.25) is 5.91 Å². The molecular weight excluding hydrogens is 376 g/mol. The molecule has 2 aromatic heterocycles. The number of hydrogen-bond donors (Lipinski definition) is 0. The molecule has 154 valence electrons. The van der Waals surface area contributed by atoms with Gasteiger partial charge in [0.05, 0.1) is 12.0 Å². The molecule has 3 aromatic rings. The second-order valence-electron chi connectivity index (χ2n) is 8.43. The first-order valence-corrected chi connectivity index (χ1v) is 10.6. The fourth-order valence-corrected chi connectivity index (χ4v) is 4.75. The average molecular weight is 402 g/mol. The minimum Gasteiger partial charge on any atom is -0.359 e. The van der Waals surface area contributed by atoms with E-state index in [4.69, 9.17) is 4.52 Å². The van der Waals surface area contributed by atoms with Crippen LogP contribution in [0.15, 0.2) is 65.4 Å². The highest BCUT2D eigenvalue weighted by molar-refractivity contribution is 5.85. The van der Waals surface area contributed by atoms with Gasteiger partial charge in [-0.05, 0) is 43.5 Å². The van der Waals surface area contributed by atoms with E-state index in [1.807, 2.05) is 24.3 Å². The normalized spacial score (nSPS) is 21.7. The van der Waals surface area contributed by atoms with E-state index in [9.17, 15) is 4.79 Å². The number of likely N-dealkylation sites (tertiary alicyclic amines) is 2. The predicted octanol–water partition coefficient (Wildman–Crippen LogP) is 3.40. The SMILES string of the molecule is O=C1N(CCc2ccccc2)CCC12CCN(Cc1cc(-c3ccncc3)no1)C2. The minimum absolute atomic E-state index is 0.218. The number of amides is 1. The smallest absolute Gasteiger partial charge is 0.230 e. The Balaban J connectivity index is 1.18. The lowest BCUT2D eigenvalue weighted by atomic mass is 9.85. The zero-order valence-electron chi connectivity index (χ0n) is 17.0. The lowest BCUT2D eigenvalue weighted by Crippen LogP contribution is -2.37. The number of carbonyl (C=O) groups excluding carboxylic acids is 1. The molecule has 30 heavy (non-hydrogen) atoms. The summed E-state index contributed by atoms with van der Waals surface area (Å²) in [6.45, 7) is 4.09. The van der Waals surface area contributed by atoms with E-state index in [1.165, 1.54) is 5.56 Å². The monoisotopic (exact) mass is 402 g/mol. The molecule has 2 saturated heterocycles. The highest BCUT2D eigenvalue weighted by Crippen LogP contribution is 2.41. The molecule has 0 radical (unpaired) electrons. The Hall–Kier alpha value is -2.99. The first kappa shape index (κ1) is 19.0. The van der Waals surface area contributed by atoms with Crippen molar-refractivity contribution in [3.63, 3.8) is 0 Å². The fraction of sp³-hybridized carbons (Fsp3) is 0.375. The Morgan fingerprint density at radius 1 is 1.03 bits per heavy atom. The molecule has 1 spiro atoms. The van der Waals surface area contributed by atoms with Crippen molar-refractivity contribution < 1.29 is 9.32 Å². The third-order valence-corrected chi connectivity index (χ3v) is 6.46. The lowest BCUT2D eigenvalue weighted by Gasteiger charge is -2.23. The van der Waals surface area contributed by atoms with Crippen molar-refractivity contribution in [2.24, 2.45) is 5.41 Å². The molecule has 0 N–H and O–H groups in total. The Morgan fingerprint density at radius 3 is 2.67 bits per heavy atom. The Labute approximate surface area is 176 Å². The summed E-state index contributed by atoms with van der Waals surface area (Å²) < 4.78 is 5.56. The molecule has 4 heterocycles. The molecule has 1 atom stereocenters. The van der Waals surface area contributed by atoms with Gasteiger partial charge in [0, 0.05) is 43.7 Å². The summed E-state index contributed by atoms with van der Waals surface area (Å²) in [4.78, 5) is 21.6. The van der Waals surface area contributed by atoms with Crippen LogP contribution in [-0.4, -0.2) is 52.0 Å². The van der Waals surface area contributed by atoms with E-state index in [1.54, 1.807) is 12.4 Å². The van der Waals surface area contributed by atoms with Gasteiger partial charge in [-0.3, -0.25) is 14.7 Å². The van der Waals surface area contributed by atoms with Crippen molar-refractivity contribution in [3.05, 3.63) is 72.2 Å². The summed E-state index contributed by atoms with van der Waals surface area (Å²) in [6.07, 6.45) is 6.31. The first-order chi connectivity index (χ1) is 14.7. The van der Waals surface area contributed by atoms with Crippen molar-refractivity contribution in [3.8, 4) is 11.3 Å². The second kappa shape index (κ2) is 8.03. The van der Waals surface area contributed by atoms with Crippen LogP contribution in [0.1, 0.15) is 24.2 Å². The van der Waals surface area contributed by atoms with Crippen LogP contribution in [0.4, 0.5) is 0 Å². The van der Waals surface area contributed by atoms with Gasteiger partial charge >= 0.3 is 0 Å². The molecule has 2 aliphatic rings. The van der Waals surface area contributed by atoms with Crippen LogP contribution < -0.4 is 0 Å². The largest absolute Gasteiger partial charge is 0.359 e. The van der Waals surface area contributed by atoms with E-state index >= 15 is 0 Å². The van der Waals surface area contributed by atoms with Gasteiger partial charge in [-0.15, -0.1) is 0 Å². The molecule has 6 heteroatoms. The second-order valence-corrected chi connectivity index (χ2v) is 8.43. The molecule has 2 aliphatic heterocycles. The number of rotatable bonds is 6. The van der Waals surface area contributed by atoms with Crippen molar-refractivity contribution in [2.45, 2.75) is 25.8 Å². The maximum Gasteiger partial charge on any atom is 0.230 e. The van der Waals surface area contributed by atoms with Crippen LogP contribution in [0.25, 0.3) is 11.3 Å². The average Bonchev–Trinajstić information content (AvgIpc) is 3.50.